The molecular formula is C19H31N5O3S. The van der Waals surface area contributed by atoms with Crippen LogP contribution in [0.5, 0.6) is 0 Å². The third-order valence-electron chi connectivity index (χ3n) is 5.59. The molecule has 2 aliphatic heterocycles. The van der Waals surface area contributed by atoms with E-state index in [0.29, 0.717) is 19.6 Å². The highest BCUT2D eigenvalue weighted by atomic mass is 32.2. The van der Waals surface area contributed by atoms with E-state index in [4.69, 9.17) is 0 Å². The standard InChI is InChI=1S/C19H31N5O3S/c1-3-22(4-2)19(25)16-21-11-13-23(14-12-21)18-8-7-17(15-20-18)28(26,27)24-9-5-6-10-24/h7-8,15H,3-6,9-14,16H2,1-2H3. The van der Waals surface area contributed by atoms with Gasteiger partial charge in [-0.15, -0.1) is 0 Å². The van der Waals surface area contributed by atoms with Crippen LogP contribution >= 0.6 is 0 Å². The highest BCUT2D eigenvalue weighted by Gasteiger charge is 2.28. The summed E-state index contributed by atoms with van der Waals surface area (Å²) in [5.74, 6) is 0.961. The highest BCUT2D eigenvalue weighted by molar-refractivity contribution is 7.89. The van der Waals surface area contributed by atoms with E-state index in [-0.39, 0.29) is 10.8 Å². The fraction of sp³-hybridized carbons (Fsp3) is 0.684. The summed E-state index contributed by atoms with van der Waals surface area (Å²) in [5.41, 5.74) is 0. The number of pyridine rings is 1. The van der Waals surface area contributed by atoms with Crippen LogP contribution in [0, 0.1) is 0 Å². The third kappa shape index (κ3) is 4.64. The number of hydrogen-bond donors (Lipinski definition) is 0. The van der Waals surface area contributed by atoms with Crippen LogP contribution in [0.25, 0.3) is 0 Å². The van der Waals surface area contributed by atoms with Crippen molar-refractivity contribution in [3.8, 4) is 0 Å². The Hall–Kier alpha value is -1.71. The number of carbonyl (C=O) groups excluding carboxylic acids is 1. The summed E-state index contributed by atoms with van der Waals surface area (Å²) < 4.78 is 26.7. The van der Waals surface area contributed by atoms with E-state index in [9.17, 15) is 13.2 Å². The van der Waals surface area contributed by atoms with Crippen molar-refractivity contribution in [2.24, 2.45) is 0 Å². The average Bonchev–Trinajstić information content (AvgIpc) is 3.25. The van der Waals surface area contributed by atoms with Gasteiger partial charge in [-0.2, -0.15) is 4.31 Å². The van der Waals surface area contributed by atoms with Crippen LogP contribution in [-0.4, -0.2) is 92.3 Å². The number of hydrogen-bond acceptors (Lipinski definition) is 6. The first-order valence-electron chi connectivity index (χ1n) is 10.2. The van der Waals surface area contributed by atoms with Crippen molar-refractivity contribution in [1.29, 1.82) is 0 Å². The molecule has 0 N–H and O–H groups in total. The molecular weight excluding hydrogens is 378 g/mol. The van der Waals surface area contributed by atoms with E-state index in [1.54, 1.807) is 12.1 Å². The SMILES string of the molecule is CCN(CC)C(=O)CN1CCN(c2ccc(S(=O)(=O)N3CCCC3)cn2)CC1. The van der Waals surface area contributed by atoms with E-state index in [2.05, 4.69) is 14.8 Å². The van der Waals surface area contributed by atoms with Crippen molar-refractivity contribution < 1.29 is 13.2 Å². The van der Waals surface area contributed by atoms with Gasteiger partial charge in [0.15, 0.2) is 0 Å². The summed E-state index contributed by atoms with van der Waals surface area (Å²) in [6.45, 7) is 10.3. The molecule has 3 heterocycles. The lowest BCUT2D eigenvalue weighted by molar-refractivity contribution is -0.132. The molecule has 3 rings (SSSR count). The molecule has 0 aromatic carbocycles. The Morgan fingerprint density at radius 2 is 1.68 bits per heavy atom. The minimum Gasteiger partial charge on any atom is -0.354 e. The first-order chi connectivity index (χ1) is 13.5. The Morgan fingerprint density at radius 1 is 1.04 bits per heavy atom. The molecule has 156 valence electrons. The Morgan fingerprint density at radius 3 is 2.21 bits per heavy atom. The van der Waals surface area contributed by atoms with Gasteiger partial charge in [0, 0.05) is 58.6 Å². The number of anilines is 1. The fourth-order valence-electron chi connectivity index (χ4n) is 3.79. The van der Waals surface area contributed by atoms with Crippen molar-refractivity contribution in [3.05, 3.63) is 18.3 Å². The van der Waals surface area contributed by atoms with Crippen LogP contribution in [0.3, 0.4) is 0 Å². The van der Waals surface area contributed by atoms with Crippen LogP contribution in [0.2, 0.25) is 0 Å². The van der Waals surface area contributed by atoms with Gasteiger partial charge in [-0.05, 0) is 38.8 Å². The molecule has 9 heteroatoms. The molecule has 1 amide bonds. The molecule has 0 saturated carbocycles. The second-order valence-electron chi connectivity index (χ2n) is 7.29. The van der Waals surface area contributed by atoms with Crippen LogP contribution in [-0.2, 0) is 14.8 Å². The molecule has 2 aliphatic rings. The number of nitrogens with zero attached hydrogens (tertiary/aromatic N) is 5. The van der Waals surface area contributed by atoms with Gasteiger partial charge in [-0.3, -0.25) is 9.69 Å². The minimum atomic E-state index is -3.42. The zero-order chi connectivity index (χ0) is 20.1. The summed E-state index contributed by atoms with van der Waals surface area (Å²) in [6, 6.07) is 3.45. The van der Waals surface area contributed by atoms with E-state index in [1.807, 2.05) is 18.7 Å². The number of amides is 1. The van der Waals surface area contributed by atoms with Crippen molar-refractivity contribution in [3.63, 3.8) is 0 Å². The largest absolute Gasteiger partial charge is 0.354 e. The smallest absolute Gasteiger partial charge is 0.244 e. The van der Waals surface area contributed by atoms with Gasteiger partial charge in [0.1, 0.15) is 10.7 Å². The number of rotatable bonds is 7. The lowest BCUT2D eigenvalue weighted by atomic mass is 10.3. The van der Waals surface area contributed by atoms with Gasteiger partial charge in [-0.1, -0.05) is 0 Å². The van der Waals surface area contributed by atoms with Gasteiger partial charge in [0.25, 0.3) is 0 Å². The van der Waals surface area contributed by atoms with E-state index < -0.39 is 10.0 Å². The molecule has 0 radical (unpaired) electrons. The Labute approximate surface area is 168 Å². The highest BCUT2D eigenvalue weighted by Crippen LogP contribution is 2.22. The van der Waals surface area contributed by atoms with E-state index in [1.165, 1.54) is 10.5 Å². The van der Waals surface area contributed by atoms with Gasteiger partial charge >= 0.3 is 0 Å². The maximum atomic E-state index is 12.6. The van der Waals surface area contributed by atoms with E-state index >= 15 is 0 Å². The monoisotopic (exact) mass is 409 g/mol. The fourth-order valence-corrected chi connectivity index (χ4v) is 5.26. The summed E-state index contributed by atoms with van der Waals surface area (Å²) in [6.07, 6.45) is 3.32. The minimum absolute atomic E-state index is 0.174. The third-order valence-corrected chi connectivity index (χ3v) is 7.48. The predicted octanol–water partition coefficient (Wildman–Crippen LogP) is 0.857. The Balaban J connectivity index is 1.55. The van der Waals surface area contributed by atoms with Crippen molar-refractivity contribution in [1.82, 2.24) is 19.1 Å². The first-order valence-corrected chi connectivity index (χ1v) is 11.6. The number of carbonyl (C=O) groups is 1. The van der Waals surface area contributed by atoms with Crippen molar-refractivity contribution in [2.45, 2.75) is 31.6 Å². The molecule has 2 saturated heterocycles. The van der Waals surface area contributed by atoms with Crippen LogP contribution < -0.4 is 4.90 Å². The lowest BCUT2D eigenvalue weighted by Gasteiger charge is -2.35. The summed E-state index contributed by atoms with van der Waals surface area (Å²) in [7, 11) is -3.42. The second-order valence-corrected chi connectivity index (χ2v) is 9.23. The van der Waals surface area contributed by atoms with Gasteiger partial charge < -0.3 is 9.80 Å². The summed E-state index contributed by atoms with van der Waals surface area (Å²) in [5, 5.41) is 0. The summed E-state index contributed by atoms with van der Waals surface area (Å²) in [4.78, 5) is 23.1. The van der Waals surface area contributed by atoms with Crippen molar-refractivity contribution >= 4 is 21.7 Å². The maximum absolute atomic E-state index is 12.6. The Kier molecular flexibility index (Phi) is 6.90. The molecule has 1 aromatic rings. The second kappa shape index (κ2) is 9.19. The number of piperazine rings is 1. The zero-order valence-corrected chi connectivity index (χ0v) is 17.7. The van der Waals surface area contributed by atoms with Gasteiger partial charge in [0.05, 0.1) is 6.54 Å². The number of aromatic nitrogens is 1. The van der Waals surface area contributed by atoms with Crippen LogP contribution in [0.15, 0.2) is 23.2 Å². The first kappa shape index (κ1) is 21.0. The molecule has 1 aromatic heterocycles. The molecule has 8 nitrogen and oxygen atoms in total. The van der Waals surface area contributed by atoms with Crippen molar-refractivity contribution in [2.75, 3.05) is 63.8 Å². The van der Waals surface area contributed by atoms with Crippen LogP contribution in [0.4, 0.5) is 5.82 Å². The average molecular weight is 410 g/mol. The zero-order valence-electron chi connectivity index (χ0n) is 16.9. The molecule has 0 spiro atoms. The normalized spacial score (nSPS) is 19.1. The number of likely N-dealkylation sites (N-methyl/N-ethyl adjacent to an activating group) is 1. The molecule has 0 bridgehead atoms. The molecule has 28 heavy (non-hydrogen) atoms. The lowest BCUT2D eigenvalue weighted by Crippen LogP contribution is -2.50. The molecule has 0 unspecified atom stereocenters. The van der Waals surface area contributed by atoms with Gasteiger partial charge in [0.2, 0.25) is 15.9 Å². The quantitative estimate of drug-likeness (QED) is 0.665. The van der Waals surface area contributed by atoms with Gasteiger partial charge in [-0.25, -0.2) is 13.4 Å². The topological polar surface area (TPSA) is 77.1 Å². The Bertz CT molecular complexity index is 750. The predicted molar refractivity (Wildman–Crippen MR) is 109 cm³/mol. The van der Waals surface area contributed by atoms with E-state index in [0.717, 1.165) is 57.9 Å². The summed E-state index contributed by atoms with van der Waals surface area (Å²) >= 11 is 0. The molecule has 2 fully saturated rings. The number of sulfonamides is 1. The van der Waals surface area contributed by atoms with Crippen LogP contribution in [0.1, 0.15) is 26.7 Å². The molecule has 0 aliphatic carbocycles. The molecule has 0 atom stereocenters. The maximum Gasteiger partial charge on any atom is 0.244 e.